The fourth-order valence-corrected chi connectivity index (χ4v) is 3.50. The van der Waals surface area contributed by atoms with Crippen molar-refractivity contribution in [3.63, 3.8) is 0 Å². The van der Waals surface area contributed by atoms with Crippen LogP contribution in [0.15, 0.2) is 30.3 Å². The first-order valence-electron chi connectivity index (χ1n) is 8.63. The first-order chi connectivity index (χ1) is 12.7. The molecule has 0 unspecified atom stereocenters. The number of alkyl halides is 1. The van der Waals surface area contributed by atoms with Crippen molar-refractivity contribution >= 4 is 40.3 Å². The number of amides is 1. The van der Waals surface area contributed by atoms with Crippen LogP contribution in [0.5, 0.6) is 5.75 Å². The molecule has 0 saturated carbocycles. The lowest BCUT2D eigenvalue weighted by Gasteiger charge is -2.25. The average Bonchev–Trinajstić information content (AvgIpc) is 2.99. The molecule has 1 amide bonds. The molecule has 0 radical (unpaired) electrons. The molecule has 27 heavy (non-hydrogen) atoms. The van der Waals surface area contributed by atoms with E-state index in [1.807, 2.05) is 45.0 Å². The van der Waals surface area contributed by atoms with Crippen molar-refractivity contribution in [2.75, 3.05) is 24.4 Å². The summed E-state index contributed by atoms with van der Waals surface area (Å²) in [5.41, 5.74) is 0.953. The van der Waals surface area contributed by atoms with Gasteiger partial charge in [-0.15, -0.1) is 11.6 Å². The van der Waals surface area contributed by atoms with Crippen LogP contribution in [0.25, 0.3) is 10.8 Å². The minimum atomic E-state index is -0.823. The minimum absolute atomic E-state index is 0.0498. The molecule has 7 heteroatoms. The maximum atomic E-state index is 12.7. The van der Waals surface area contributed by atoms with Gasteiger partial charge in [0, 0.05) is 29.8 Å². The first-order valence-corrected chi connectivity index (χ1v) is 9.16. The van der Waals surface area contributed by atoms with E-state index >= 15 is 0 Å². The molecule has 0 bridgehead atoms. The number of carbonyl (C=O) groups is 2. The molecule has 1 aliphatic heterocycles. The topological polar surface area (TPSA) is 65.1 Å². The van der Waals surface area contributed by atoms with Gasteiger partial charge in [-0.05, 0) is 31.7 Å². The van der Waals surface area contributed by atoms with Crippen molar-refractivity contribution in [1.82, 2.24) is 0 Å². The average molecular weight is 392 g/mol. The third-order valence-electron chi connectivity index (χ3n) is 4.29. The number of nitrogens with zero attached hydrogens (tertiary/aromatic N) is 1. The quantitative estimate of drug-likeness (QED) is 0.406. The number of carbonyl (C=O) groups excluding carboxylic acids is 2. The molecule has 2 aromatic rings. The Morgan fingerprint density at radius 3 is 2.48 bits per heavy atom. The summed E-state index contributed by atoms with van der Waals surface area (Å²) in [7, 11) is 1.24. The summed E-state index contributed by atoms with van der Waals surface area (Å²) >= 11 is 6.20. The highest BCUT2D eigenvalue weighted by molar-refractivity contribution is 6.19. The van der Waals surface area contributed by atoms with Gasteiger partial charge in [0.2, 0.25) is 0 Å². The smallest absolute Gasteiger partial charge is 0.443 e. The van der Waals surface area contributed by atoms with E-state index in [-0.39, 0.29) is 5.92 Å². The SMILES string of the molecule is COC(=O)Oc1cc2c(c3ccccc13)[C@H](CCl)CN2C(=O)OC(C)(C)C. The highest BCUT2D eigenvalue weighted by atomic mass is 35.5. The molecule has 0 fully saturated rings. The summed E-state index contributed by atoms with van der Waals surface area (Å²) in [6.07, 6.45) is -1.29. The van der Waals surface area contributed by atoms with Gasteiger partial charge in [0.05, 0.1) is 12.8 Å². The van der Waals surface area contributed by atoms with Gasteiger partial charge in [0.1, 0.15) is 11.4 Å². The molecule has 0 aromatic heterocycles. The van der Waals surface area contributed by atoms with Crippen LogP contribution < -0.4 is 9.64 Å². The Morgan fingerprint density at radius 2 is 1.89 bits per heavy atom. The Bertz CT molecular complexity index is 890. The third kappa shape index (κ3) is 3.81. The third-order valence-corrected chi connectivity index (χ3v) is 4.66. The lowest BCUT2D eigenvalue weighted by molar-refractivity contribution is 0.0582. The number of fused-ring (bicyclic) bond motifs is 3. The van der Waals surface area contributed by atoms with Gasteiger partial charge >= 0.3 is 12.2 Å². The highest BCUT2D eigenvalue weighted by Crippen LogP contribution is 2.46. The summed E-state index contributed by atoms with van der Waals surface area (Å²) in [4.78, 5) is 26.0. The standard InChI is InChI=1S/C20H22ClNO5/c1-20(2,3)27-18(23)22-11-12(10-21)17-14-8-6-5-7-13(14)16(9-15(17)22)26-19(24)25-4/h5-9,12H,10-11H2,1-4H3/t12-/m1/s1. The predicted molar refractivity (Wildman–Crippen MR) is 104 cm³/mol. The van der Waals surface area contributed by atoms with E-state index < -0.39 is 17.8 Å². The zero-order valence-corrected chi connectivity index (χ0v) is 16.5. The molecule has 3 rings (SSSR count). The largest absolute Gasteiger partial charge is 0.513 e. The fraction of sp³-hybridized carbons (Fsp3) is 0.400. The van der Waals surface area contributed by atoms with E-state index in [1.54, 1.807) is 11.0 Å². The van der Waals surface area contributed by atoms with Crippen LogP contribution in [0.3, 0.4) is 0 Å². The maximum absolute atomic E-state index is 12.7. The van der Waals surface area contributed by atoms with Crippen LogP contribution in [0.2, 0.25) is 0 Å². The van der Waals surface area contributed by atoms with Crippen LogP contribution in [0, 0.1) is 0 Å². The molecule has 0 saturated heterocycles. The van der Waals surface area contributed by atoms with Crippen LogP contribution in [-0.4, -0.2) is 37.4 Å². The van der Waals surface area contributed by atoms with Gasteiger partial charge in [0.15, 0.2) is 0 Å². The monoisotopic (exact) mass is 391 g/mol. The van der Waals surface area contributed by atoms with Gasteiger partial charge in [-0.3, -0.25) is 4.90 Å². The molecular weight excluding hydrogens is 370 g/mol. The Labute approximate surface area is 162 Å². The highest BCUT2D eigenvalue weighted by Gasteiger charge is 2.37. The van der Waals surface area contributed by atoms with Crippen LogP contribution in [0.1, 0.15) is 32.3 Å². The normalized spacial score (nSPS) is 16.2. The van der Waals surface area contributed by atoms with Gasteiger partial charge < -0.3 is 14.2 Å². The molecule has 6 nitrogen and oxygen atoms in total. The minimum Gasteiger partial charge on any atom is -0.443 e. The fourth-order valence-electron chi connectivity index (χ4n) is 3.24. The summed E-state index contributed by atoms with van der Waals surface area (Å²) in [6.45, 7) is 5.84. The van der Waals surface area contributed by atoms with Gasteiger partial charge in [-0.1, -0.05) is 24.3 Å². The summed E-state index contributed by atoms with van der Waals surface area (Å²) in [6, 6.07) is 9.21. The second kappa shape index (κ2) is 7.27. The Kier molecular flexibility index (Phi) is 5.20. The molecule has 0 aliphatic carbocycles. The number of hydrogen-bond donors (Lipinski definition) is 0. The van der Waals surface area contributed by atoms with Crippen molar-refractivity contribution in [3.8, 4) is 5.75 Å². The van der Waals surface area contributed by atoms with E-state index in [9.17, 15) is 9.59 Å². The molecule has 144 valence electrons. The summed E-state index contributed by atoms with van der Waals surface area (Å²) < 4.78 is 15.5. The number of halogens is 1. The first kappa shape index (κ1) is 19.3. The second-order valence-electron chi connectivity index (χ2n) is 7.35. The molecule has 1 heterocycles. The zero-order valence-electron chi connectivity index (χ0n) is 15.7. The zero-order chi connectivity index (χ0) is 19.8. The van der Waals surface area contributed by atoms with Crippen molar-refractivity contribution in [2.24, 2.45) is 0 Å². The maximum Gasteiger partial charge on any atom is 0.513 e. The number of anilines is 1. The lowest BCUT2D eigenvalue weighted by Crippen LogP contribution is -2.36. The predicted octanol–water partition coefficient (Wildman–Crippen LogP) is 5.06. The van der Waals surface area contributed by atoms with Crippen molar-refractivity contribution in [1.29, 1.82) is 0 Å². The number of methoxy groups -OCH3 is 1. The number of rotatable bonds is 2. The van der Waals surface area contributed by atoms with E-state index in [2.05, 4.69) is 4.74 Å². The lowest BCUT2D eigenvalue weighted by atomic mass is 9.95. The Hall–Kier alpha value is -2.47. The summed E-state index contributed by atoms with van der Waals surface area (Å²) in [5.74, 6) is 0.624. The van der Waals surface area contributed by atoms with E-state index in [1.165, 1.54) is 7.11 Å². The van der Waals surface area contributed by atoms with Gasteiger partial charge in [0.25, 0.3) is 0 Å². The van der Waals surface area contributed by atoms with E-state index in [4.69, 9.17) is 21.1 Å². The molecule has 1 atom stereocenters. The Morgan fingerprint density at radius 1 is 1.22 bits per heavy atom. The molecular formula is C20H22ClNO5. The van der Waals surface area contributed by atoms with Crippen molar-refractivity contribution < 1.29 is 23.8 Å². The molecule has 2 aromatic carbocycles. The van der Waals surface area contributed by atoms with E-state index in [0.29, 0.717) is 23.9 Å². The summed E-state index contributed by atoms with van der Waals surface area (Å²) in [5, 5.41) is 1.63. The van der Waals surface area contributed by atoms with Crippen LogP contribution in [0.4, 0.5) is 15.3 Å². The van der Waals surface area contributed by atoms with Crippen molar-refractivity contribution in [3.05, 3.63) is 35.9 Å². The van der Waals surface area contributed by atoms with Gasteiger partial charge in [-0.2, -0.15) is 0 Å². The second-order valence-corrected chi connectivity index (χ2v) is 7.66. The Balaban J connectivity index is 2.15. The number of hydrogen-bond acceptors (Lipinski definition) is 5. The van der Waals surface area contributed by atoms with E-state index in [0.717, 1.165) is 16.3 Å². The van der Waals surface area contributed by atoms with Crippen LogP contribution >= 0.6 is 11.6 Å². The van der Waals surface area contributed by atoms with Crippen molar-refractivity contribution in [2.45, 2.75) is 32.3 Å². The number of benzene rings is 2. The van der Waals surface area contributed by atoms with Gasteiger partial charge in [-0.25, -0.2) is 9.59 Å². The molecule has 0 spiro atoms. The molecule has 1 aliphatic rings. The molecule has 0 N–H and O–H groups in total. The number of ether oxygens (including phenoxy) is 3. The van der Waals surface area contributed by atoms with Crippen LogP contribution in [-0.2, 0) is 9.47 Å².